The van der Waals surface area contributed by atoms with Crippen molar-refractivity contribution in [2.75, 3.05) is 11.9 Å². The summed E-state index contributed by atoms with van der Waals surface area (Å²) in [6.45, 7) is 0.644. The summed E-state index contributed by atoms with van der Waals surface area (Å²) >= 11 is 0. The molecule has 1 fully saturated rings. The minimum atomic E-state index is -0.145. The number of rotatable bonds is 7. The van der Waals surface area contributed by atoms with E-state index in [1.807, 2.05) is 49.6 Å². The highest BCUT2D eigenvalue weighted by Gasteiger charge is 2.18. The second kappa shape index (κ2) is 10.6. The number of allylic oxidation sites excluding steroid dienone is 1. The SMILES string of the molecule is Cn1cc(-c2ccc(NC(=O)C(NCCc3ccc(C#N)cc3)=C3CCCCC3)nc2)cn1. The van der Waals surface area contributed by atoms with Crippen LogP contribution in [-0.4, -0.2) is 27.2 Å². The number of amides is 1. The Kier molecular flexibility index (Phi) is 7.16. The quantitative estimate of drug-likeness (QED) is 0.533. The number of aromatic nitrogens is 3. The maximum atomic E-state index is 13.2. The molecule has 7 heteroatoms. The molecule has 1 aliphatic carbocycles. The summed E-state index contributed by atoms with van der Waals surface area (Å²) in [5.41, 5.74) is 5.57. The topological polar surface area (TPSA) is 95.6 Å². The molecule has 2 N–H and O–H groups in total. The van der Waals surface area contributed by atoms with Crippen molar-refractivity contribution in [2.24, 2.45) is 7.05 Å². The average Bonchev–Trinajstić information content (AvgIpc) is 3.29. The molecule has 168 valence electrons. The van der Waals surface area contributed by atoms with Crippen LogP contribution in [0.3, 0.4) is 0 Å². The number of nitrogens with zero attached hydrogens (tertiary/aromatic N) is 4. The molecule has 1 aliphatic rings. The van der Waals surface area contributed by atoms with Crippen LogP contribution in [0.15, 0.2) is 66.3 Å². The lowest BCUT2D eigenvalue weighted by molar-refractivity contribution is -0.113. The Morgan fingerprint density at radius 2 is 1.85 bits per heavy atom. The number of carbonyl (C=O) groups excluding carboxylic acids is 1. The Morgan fingerprint density at radius 1 is 1.06 bits per heavy atom. The normalized spacial score (nSPS) is 13.3. The Bertz CT molecular complexity index is 1160. The molecule has 0 saturated heterocycles. The highest BCUT2D eigenvalue weighted by atomic mass is 16.2. The van der Waals surface area contributed by atoms with Gasteiger partial charge in [-0.1, -0.05) is 18.6 Å². The van der Waals surface area contributed by atoms with Gasteiger partial charge in [-0.25, -0.2) is 4.98 Å². The molecule has 2 aromatic heterocycles. The van der Waals surface area contributed by atoms with Crippen LogP contribution in [0.25, 0.3) is 11.1 Å². The molecule has 1 saturated carbocycles. The van der Waals surface area contributed by atoms with E-state index in [4.69, 9.17) is 5.26 Å². The van der Waals surface area contributed by atoms with E-state index >= 15 is 0 Å². The number of benzene rings is 1. The lowest BCUT2D eigenvalue weighted by atomic mass is 9.93. The molecule has 2 heterocycles. The van der Waals surface area contributed by atoms with Crippen LogP contribution in [-0.2, 0) is 18.3 Å². The largest absolute Gasteiger partial charge is 0.380 e. The fourth-order valence-corrected chi connectivity index (χ4v) is 4.06. The fourth-order valence-electron chi connectivity index (χ4n) is 4.06. The number of hydrogen-bond donors (Lipinski definition) is 2. The van der Waals surface area contributed by atoms with Crippen molar-refractivity contribution in [3.8, 4) is 17.2 Å². The second-order valence-electron chi connectivity index (χ2n) is 8.31. The first-order chi connectivity index (χ1) is 16.1. The fraction of sp³-hybridized carbons (Fsp3) is 0.308. The Hall–Kier alpha value is -3.92. The number of aryl methyl sites for hydroxylation is 1. The van der Waals surface area contributed by atoms with Crippen molar-refractivity contribution >= 4 is 11.7 Å². The highest BCUT2D eigenvalue weighted by molar-refractivity contribution is 6.03. The second-order valence-corrected chi connectivity index (χ2v) is 8.31. The number of hydrogen-bond acceptors (Lipinski definition) is 5. The molecular weight excluding hydrogens is 412 g/mol. The van der Waals surface area contributed by atoms with Crippen LogP contribution in [0, 0.1) is 11.3 Å². The lowest BCUT2D eigenvalue weighted by Crippen LogP contribution is -2.29. The maximum absolute atomic E-state index is 13.2. The minimum Gasteiger partial charge on any atom is -0.380 e. The number of nitriles is 1. The molecule has 7 nitrogen and oxygen atoms in total. The summed E-state index contributed by atoms with van der Waals surface area (Å²) in [4.78, 5) is 17.6. The maximum Gasteiger partial charge on any atom is 0.272 e. The first-order valence-corrected chi connectivity index (χ1v) is 11.3. The van der Waals surface area contributed by atoms with Crippen LogP contribution in [0.4, 0.5) is 5.82 Å². The van der Waals surface area contributed by atoms with Gasteiger partial charge in [-0.2, -0.15) is 10.4 Å². The van der Waals surface area contributed by atoms with Crippen molar-refractivity contribution in [3.05, 3.63) is 77.4 Å². The minimum absolute atomic E-state index is 0.145. The highest BCUT2D eigenvalue weighted by Crippen LogP contribution is 2.26. The Morgan fingerprint density at radius 3 is 2.48 bits per heavy atom. The van der Waals surface area contributed by atoms with Crippen LogP contribution in [0.5, 0.6) is 0 Å². The molecule has 3 aromatic rings. The van der Waals surface area contributed by atoms with Gasteiger partial charge in [0.15, 0.2) is 0 Å². The van der Waals surface area contributed by atoms with Crippen molar-refractivity contribution in [1.82, 2.24) is 20.1 Å². The summed E-state index contributed by atoms with van der Waals surface area (Å²) in [6.07, 6.45) is 11.6. The number of pyridine rings is 1. The smallest absolute Gasteiger partial charge is 0.272 e. The Balaban J connectivity index is 1.42. The van der Waals surface area contributed by atoms with Gasteiger partial charge in [0.2, 0.25) is 0 Å². The van der Waals surface area contributed by atoms with Crippen molar-refractivity contribution < 1.29 is 4.79 Å². The molecule has 1 amide bonds. The molecule has 33 heavy (non-hydrogen) atoms. The lowest BCUT2D eigenvalue weighted by Gasteiger charge is -2.20. The van der Waals surface area contributed by atoms with E-state index in [-0.39, 0.29) is 5.91 Å². The summed E-state index contributed by atoms with van der Waals surface area (Å²) in [5, 5.41) is 19.5. The molecule has 0 spiro atoms. The summed E-state index contributed by atoms with van der Waals surface area (Å²) in [5.74, 6) is 0.379. The van der Waals surface area contributed by atoms with Crippen LogP contribution in [0.1, 0.15) is 43.2 Å². The van der Waals surface area contributed by atoms with Gasteiger partial charge in [0.05, 0.1) is 23.5 Å². The molecule has 0 atom stereocenters. The molecule has 1 aromatic carbocycles. The van der Waals surface area contributed by atoms with Crippen molar-refractivity contribution in [2.45, 2.75) is 38.5 Å². The zero-order valence-corrected chi connectivity index (χ0v) is 18.8. The van der Waals surface area contributed by atoms with Gasteiger partial charge in [0.1, 0.15) is 5.82 Å². The van der Waals surface area contributed by atoms with E-state index < -0.39 is 0 Å². The monoisotopic (exact) mass is 440 g/mol. The first-order valence-electron chi connectivity index (χ1n) is 11.3. The Labute approximate surface area is 194 Å². The van der Waals surface area contributed by atoms with Crippen LogP contribution >= 0.6 is 0 Å². The van der Waals surface area contributed by atoms with Gasteiger partial charge >= 0.3 is 0 Å². The van der Waals surface area contributed by atoms with Crippen molar-refractivity contribution in [1.29, 1.82) is 5.26 Å². The third-order valence-electron chi connectivity index (χ3n) is 5.88. The van der Waals surface area contributed by atoms with Gasteiger partial charge in [-0.15, -0.1) is 0 Å². The van der Waals surface area contributed by atoms with Gasteiger partial charge in [-0.05, 0) is 67.5 Å². The molecule has 0 aliphatic heterocycles. The zero-order valence-electron chi connectivity index (χ0n) is 18.8. The van der Waals surface area contributed by atoms with Crippen molar-refractivity contribution in [3.63, 3.8) is 0 Å². The molecular formula is C26H28N6O. The van der Waals surface area contributed by atoms with Gasteiger partial charge in [-0.3, -0.25) is 9.48 Å². The van der Waals surface area contributed by atoms with Gasteiger partial charge < -0.3 is 10.6 Å². The molecule has 0 radical (unpaired) electrons. The molecule has 4 rings (SSSR count). The van der Waals surface area contributed by atoms with Gasteiger partial charge in [0.25, 0.3) is 5.91 Å². The third-order valence-corrected chi connectivity index (χ3v) is 5.88. The number of carbonyl (C=O) groups is 1. The number of anilines is 1. The van der Waals surface area contributed by atoms with E-state index in [1.165, 1.54) is 12.0 Å². The van der Waals surface area contributed by atoms with E-state index in [0.717, 1.165) is 48.8 Å². The standard InChI is InChI=1S/C26H28N6O/c1-32-18-23(17-30-32)22-11-12-24(29-16-22)31-26(33)25(21-5-3-2-4-6-21)28-14-13-19-7-9-20(15-27)10-8-19/h7-12,16-18,28H,2-6,13-14H2,1H3,(H,29,31,33). The molecule has 0 bridgehead atoms. The van der Waals surface area contributed by atoms with E-state index in [0.29, 0.717) is 23.6 Å². The van der Waals surface area contributed by atoms with E-state index in [1.54, 1.807) is 17.1 Å². The van der Waals surface area contributed by atoms with E-state index in [2.05, 4.69) is 26.8 Å². The molecule has 0 unspecified atom stereocenters. The average molecular weight is 441 g/mol. The van der Waals surface area contributed by atoms with Gasteiger partial charge in [0, 0.05) is 37.1 Å². The van der Waals surface area contributed by atoms with E-state index in [9.17, 15) is 4.79 Å². The van der Waals surface area contributed by atoms with Crippen LogP contribution in [0.2, 0.25) is 0 Å². The summed E-state index contributed by atoms with van der Waals surface area (Å²) < 4.78 is 1.75. The third kappa shape index (κ3) is 5.86. The first kappa shape index (κ1) is 22.3. The summed E-state index contributed by atoms with van der Waals surface area (Å²) in [7, 11) is 1.88. The number of nitrogens with one attached hydrogen (secondary N) is 2. The van der Waals surface area contributed by atoms with Crippen LogP contribution < -0.4 is 10.6 Å². The predicted octanol–water partition coefficient (Wildman–Crippen LogP) is 4.34. The summed E-state index contributed by atoms with van der Waals surface area (Å²) in [6, 6.07) is 13.5. The predicted molar refractivity (Wildman–Crippen MR) is 128 cm³/mol. The zero-order chi connectivity index (χ0) is 23.0.